The van der Waals surface area contributed by atoms with Crippen molar-refractivity contribution in [2.45, 2.75) is 42.9 Å². The van der Waals surface area contributed by atoms with Crippen LogP contribution < -0.4 is 16.6 Å². The average Bonchev–Trinajstić information content (AvgIpc) is 3.07. The van der Waals surface area contributed by atoms with Crippen LogP contribution in [0.2, 0.25) is 0 Å². The van der Waals surface area contributed by atoms with E-state index in [9.17, 15) is 4.79 Å². The third-order valence-corrected chi connectivity index (χ3v) is 5.16. The zero-order valence-electron chi connectivity index (χ0n) is 15.6. The first-order valence-corrected chi connectivity index (χ1v) is 9.86. The molecule has 0 fully saturated rings. The van der Waals surface area contributed by atoms with Gasteiger partial charge in [-0.15, -0.1) is 0 Å². The van der Waals surface area contributed by atoms with Gasteiger partial charge >= 0.3 is 0 Å². The summed E-state index contributed by atoms with van der Waals surface area (Å²) in [5, 5.41) is 6.58. The third kappa shape index (κ3) is 5.09. The van der Waals surface area contributed by atoms with Crippen LogP contribution in [0.15, 0.2) is 58.7 Å². The molecule has 142 valence electrons. The maximum Gasteiger partial charge on any atom is 0.285 e. The summed E-state index contributed by atoms with van der Waals surface area (Å²) in [6.07, 6.45) is 2.71. The number of hydrogen-bond acceptors (Lipinski definition) is 5. The second-order valence-electron chi connectivity index (χ2n) is 6.65. The summed E-state index contributed by atoms with van der Waals surface area (Å²) in [5.41, 5.74) is 2.49. The minimum Gasteiger partial charge on any atom is -0.325 e. The van der Waals surface area contributed by atoms with Gasteiger partial charge in [0.15, 0.2) is 5.16 Å². The Kier molecular flexibility index (Phi) is 6.49. The standard InChI is InChI=1S/C20H25N5OS/c1-14(2)22-10-5-11-25-13-18(19(26)24-21)23-20(25)27-17-9-8-15-6-3-4-7-16(15)12-17/h3-4,6-9,12-14,22H,5,10-11,21H2,1-2H3,(H,24,26). The van der Waals surface area contributed by atoms with E-state index < -0.39 is 0 Å². The van der Waals surface area contributed by atoms with E-state index in [4.69, 9.17) is 5.84 Å². The fourth-order valence-corrected chi connectivity index (χ4v) is 3.74. The molecule has 1 amide bonds. The van der Waals surface area contributed by atoms with Gasteiger partial charge in [0.1, 0.15) is 5.69 Å². The first-order valence-electron chi connectivity index (χ1n) is 9.05. The van der Waals surface area contributed by atoms with Crippen molar-refractivity contribution in [3.05, 3.63) is 54.4 Å². The number of hydrazine groups is 1. The number of imidazole rings is 1. The molecule has 0 aliphatic carbocycles. The number of aromatic nitrogens is 2. The van der Waals surface area contributed by atoms with E-state index in [0.29, 0.717) is 11.7 Å². The molecule has 4 N–H and O–H groups in total. The monoisotopic (exact) mass is 383 g/mol. The third-order valence-electron chi connectivity index (χ3n) is 4.16. The molecule has 3 aromatic rings. The minimum absolute atomic E-state index is 0.331. The molecule has 0 aliphatic rings. The minimum atomic E-state index is -0.380. The number of rotatable bonds is 8. The summed E-state index contributed by atoms with van der Waals surface area (Å²) >= 11 is 1.55. The number of nitrogens with zero attached hydrogens (tertiary/aromatic N) is 2. The van der Waals surface area contributed by atoms with Crippen molar-refractivity contribution in [3.63, 3.8) is 0 Å². The summed E-state index contributed by atoms with van der Waals surface area (Å²) in [7, 11) is 0. The van der Waals surface area contributed by atoms with E-state index in [1.54, 1.807) is 18.0 Å². The Bertz CT molecular complexity index is 922. The van der Waals surface area contributed by atoms with Gasteiger partial charge in [-0.3, -0.25) is 10.2 Å². The maximum absolute atomic E-state index is 11.9. The fraction of sp³-hybridized carbons (Fsp3) is 0.300. The van der Waals surface area contributed by atoms with Gasteiger partial charge in [-0.05, 0) is 35.9 Å². The molecule has 3 rings (SSSR count). The van der Waals surface area contributed by atoms with Crippen molar-refractivity contribution in [1.29, 1.82) is 0 Å². The molecule has 0 atom stereocenters. The van der Waals surface area contributed by atoms with E-state index in [-0.39, 0.29) is 5.91 Å². The topological polar surface area (TPSA) is 85.0 Å². The number of hydrogen-bond donors (Lipinski definition) is 3. The highest BCUT2D eigenvalue weighted by atomic mass is 32.2. The molecule has 0 unspecified atom stereocenters. The smallest absolute Gasteiger partial charge is 0.285 e. The molecule has 7 heteroatoms. The van der Waals surface area contributed by atoms with Crippen LogP contribution in [0.5, 0.6) is 0 Å². The average molecular weight is 384 g/mol. The lowest BCUT2D eigenvalue weighted by atomic mass is 10.1. The Morgan fingerprint density at radius 2 is 2.00 bits per heavy atom. The Balaban J connectivity index is 1.80. The van der Waals surface area contributed by atoms with Crippen molar-refractivity contribution < 1.29 is 4.79 Å². The molecule has 6 nitrogen and oxygen atoms in total. The molecule has 0 saturated heterocycles. The Morgan fingerprint density at radius 3 is 2.74 bits per heavy atom. The van der Waals surface area contributed by atoms with Crippen LogP contribution in [0.4, 0.5) is 0 Å². The van der Waals surface area contributed by atoms with Crippen LogP contribution in [-0.4, -0.2) is 28.0 Å². The SMILES string of the molecule is CC(C)NCCCn1cc(C(=O)NN)nc1Sc1ccc2ccccc2c1. The van der Waals surface area contributed by atoms with Crippen LogP contribution in [0.1, 0.15) is 30.8 Å². The van der Waals surface area contributed by atoms with Gasteiger partial charge < -0.3 is 9.88 Å². The first kappa shape index (κ1) is 19.4. The van der Waals surface area contributed by atoms with Crippen LogP contribution in [0, 0.1) is 0 Å². The van der Waals surface area contributed by atoms with Gasteiger partial charge in [0.05, 0.1) is 0 Å². The predicted octanol–water partition coefficient (Wildman–Crippen LogP) is 3.18. The van der Waals surface area contributed by atoms with E-state index in [2.05, 4.69) is 59.9 Å². The van der Waals surface area contributed by atoms with E-state index >= 15 is 0 Å². The summed E-state index contributed by atoms with van der Waals surface area (Å²) in [6.45, 7) is 5.94. The Labute approximate surface area is 163 Å². The van der Waals surface area contributed by atoms with Crippen molar-refractivity contribution in [3.8, 4) is 0 Å². The zero-order valence-corrected chi connectivity index (χ0v) is 16.4. The lowest BCUT2D eigenvalue weighted by molar-refractivity contribution is 0.0948. The van der Waals surface area contributed by atoms with Crippen molar-refractivity contribution in [1.82, 2.24) is 20.3 Å². The molecule has 2 aromatic carbocycles. The largest absolute Gasteiger partial charge is 0.325 e. The fourth-order valence-electron chi connectivity index (χ4n) is 2.80. The highest BCUT2D eigenvalue weighted by Gasteiger charge is 2.14. The zero-order chi connectivity index (χ0) is 19.2. The van der Waals surface area contributed by atoms with Gasteiger partial charge in [0.2, 0.25) is 0 Å². The highest BCUT2D eigenvalue weighted by molar-refractivity contribution is 7.99. The molecule has 0 saturated carbocycles. The second kappa shape index (κ2) is 9.03. The molecular weight excluding hydrogens is 358 g/mol. The van der Waals surface area contributed by atoms with E-state index in [0.717, 1.165) is 29.6 Å². The molecule has 0 radical (unpaired) electrons. The van der Waals surface area contributed by atoms with Crippen LogP contribution in [0.25, 0.3) is 10.8 Å². The van der Waals surface area contributed by atoms with Crippen molar-refractivity contribution >= 4 is 28.4 Å². The lowest BCUT2D eigenvalue weighted by Gasteiger charge is -2.10. The molecule has 27 heavy (non-hydrogen) atoms. The quantitative estimate of drug-likeness (QED) is 0.241. The molecule has 0 bridgehead atoms. The lowest BCUT2D eigenvalue weighted by Crippen LogP contribution is -2.30. The van der Waals surface area contributed by atoms with Crippen LogP contribution in [0.3, 0.4) is 0 Å². The number of carbonyl (C=O) groups is 1. The molecule has 0 spiro atoms. The van der Waals surface area contributed by atoms with Crippen molar-refractivity contribution in [2.75, 3.05) is 6.54 Å². The predicted molar refractivity (Wildman–Crippen MR) is 110 cm³/mol. The van der Waals surface area contributed by atoms with Crippen LogP contribution >= 0.6 is 11.8 Å². The van der Waals surface area contributed by atoms with E-state index in [1.807, 2.05) is 16.7 Å². The van der Waals surface area contributed by atoms with Crippen LogP contribution in [-0.2, 0) is 6.54 Å². The van der Waals surface area contributed by atoms with Gasteiger partial charge in [0, 0.05) is 23.7 Å². The number of fused-ring (bicyclic) bond motifs is 1. The molecule has 1 aromatic heterocycles. The highest BCUT2D eigenvalue weighted by Crippen LogP contribution is 2.30. The van der Waals surface area contributed by atoms with Gasteiger partial charge in [-0.25, -0.2) is 10.8 Å². The number of nitrogens with one attached hydrogen (secondary N) is 2. The first-order chi connectivity index (χ1) is 13.1. The molecular formula is C20H25N5OS. The summed E-state index contributed by atoms with van der Waals surface area (Å²) < 4.78 is 2.02. The second-order valence-corrected chi connectivity index (χ2v) is 7.69. The van der Waals surface area contributed by atoms with Gasteiger partial charge in [0.25, 0.3) is 5.91 Å². The number of aryl methyl sites for hydroxylation is 1. The Hall–Kier alpha value is -2.35. The number of carbonyl (C=O) groups excluding carboxylic acids is 1. The number of benzene rings is 2. The number of nitrogens with two attached hydrogens (primary N) is 1. The van der Waals surface area contributed by atoms with E-state index in [1.165, 1.54) is 10.8 Å². The number of amides is 1. The maximum atomic E-state index is 11.9. The number of nitrogen functional groups attached to an aromatic ring is 1. The van der Waals surface area contributed by atoms with Gasteiger partial charge in [-0.2, -0.15) is 0 Å². The van der Waals surface area contributed by atoms with Crippen molar-refractivity contribution in [2.24, 2.45) is 5.84 Å². The summed E-state index contributed by atoms with van der Waals surface area (Å²) in [6, 6.07) is 15.0. The molecule has 0 aliphatic heterocycles. The summed E-state index contributed by atoms with van der Waals surface area (Å²) in [5.74, 6) is 4.89. The molecule has 1 heterocycles. The Morgan fingerprint density at radius 1 is 1.22 bits per heavy atom. The summed E-state index contributed by atoms with van der Waals surface area (Å²) in [4.78, 5) is 17.5. The normalized spacial score (nSPS) is 11.3. The van der Waals surface area contributed by atoms with Gasteiger partial charge in [-0.1, -0.05) is 55.9 Å².